The lowest BCUT2D eigenvalue weighted by Gasteiger charge is -2.13. The summed E-state index contributed by atoms with van der Waals surface area (Å²) in [4.78, 5) is 24.6. The molecule has 0 aliphatic heterocycles. The van der Waals surface area contributed by atoms with Crippen molar-refractivity contribution < 1.29 is 31.9 Å². The fraction of sp³-hybridized carbons (Fsp3) is 0.333. The Morgan fingerprint density at radius 1 is 1.21 bits per heavy atom. The predicted molar refractivity (Wildman–Crippen MR) is 83.5 cm³/mol. The van der Waals surface area contributed by atoms with Gasteiger partial charge in [0.15, 0.2) is 15.6 Å². The standard InChI is InChI=1S/C15H17NO7S/c1-9-12(15(18)19)6-11(22-9)7-16(2)14(17)13-5-4-10(23-13)8-24(3,20)21/h4-6H,7-8H2,1-3H3,(H,18,19). The van der Waals surface area contributed by atoms with Crippen LogP contribution in [0.25, 0.3) is 0 Å². The molecule has 0 saturated heterocycles. The highest BCUT2D eigenvalue weighted by molar-refractivity contribution is 7.89. The minimum Gasteiger partial charge on any atom is -0.478 e. The molecular weight excluding hydrogens is 338 g/mol. The van der Waals surface area contributed by atoms with E-state index in [1.165, 1.54) is 37.1 Å². The quantitative estimate of drug-likeness (QED) is 0.837. The number of nitrogens with zero attached hydrogens (tertiary/aromatic N) is 1. The molecule has 8 nitrogen and oxygen atoms in total. The van der Waals surface area contributed by atoms with E-state index in [4.69, 9.17) is 13.9 Å². The van der Waals surface area contributed by atoms with E-state index in [-0.39, 0.29) is 35.1 Å². The maximum absolute atomic E-state index is 12.3. The maximum atomic E-state index is 12.3. The third-order valence-electron chi connectivity index (χ3n) is 3.22. The summed E-state index contributed by atoms with van der Waals surface area (Å²) in [5, 5.41) is 8.99. The van der Waals surface area contributed by atoms with Crippen LogP contribution in [-0.2, 0) is 22.1 Å². The largest absolute Gasteiger partial charge is 0.478 e. The van der Waals surface area contributed by atoms with Gasteiger partial charge < -0.3 is 18.8 Å². The zero-order chi connectivity index (χ0) is 18.1. The van der Waals surface area contributed by atoms with Crippen LogP contribution < -0.4 is 0 Å². The van der Waals surface area contributed by atoms with Crippen LogP contribution in [0.2, 0.25) is 0 Å². The van der Waals surface area contributed by atoms with Gasteiger partial charge in [0.1, 0.15) is 28.6 Å². The number of sulfone groups is 1. The molecule has 0 atom stereocenters. The van der Waals surface area contributed by atoms with Gasteiger partial charge in [0, 0.05) is 13.3 Å². The van der Waals surface area contributed by atoms with Crippen molar-refractivity contribution in [2.45, 2.75) is 19.2 Å². The molecule has 1 amide bonds. The van der Waals surface area contributed by atoms with Crippen LogP contribution in [0.3, 0.4) is 0 Å². The molecule has 24 heavy (non-hydrogen) atoms. The first-order valence-electron chi connectivity index (χ1n) is 6.91. The van der Waals surface area contributed by atoms with Crippen molar-refractivity contribution >= 4 is 21.7 Å². The van der Waals surface area contributed by atoms with Crippen LogP contribution in [0.4, 0.5) is 0 Å². The summed E-state index contributed by atoms with van der Waals surface area (Å²) in [7, 11) is -1.76. The molecule has 0 radical (unpaired) electrons. The summed E-state index contributed by atoms with van der Waals surface area (Å²) in [6.45, 7) is 1.58. The highest BCUT2D eigenvalue weighted by Gasteiger charge is 2.20. The van der Waals surface area contributed by atoms with Gasteiger partial charge in [-0.2, -0.15) is 0 Å². The van der Waals surface area contributed by atoms with E-state index >= 15 is 0 Å². The molecule has 0 aromatic carbocycles. The van der Waals surface area contributed by atoms with Crippen LogP contribution in [-0.4, -0.2) is 43.6 Å². The van der Waals surface area contributed by atoms with E-state index in [0.29, 0.717) is 5.76 Å². The summed E-state index contributed by atoms with van der Waals surface area (Å²) < 4.78 is 33.0. The number of amides is 1. The Labute approximate surface area is 138 Å². The first-order valence-corrected chi connectivity index (χ1v) is 8.97. The Balaban J connectivity index is 2.10. The van der Waals surface area contributed by atoms with Gasteiger partial charge in [0.2, 0.25) is 0 Å². The molecule has 0 aliphatic carbocycles. The molecule has 0 fully saturated rings. The number of carbonyl (C=O) groups excluding carboxylic acids is 1. The van der Waals surface area contributed by atoms with E-state index in [2.05, 4.69) is 0 Å². The first-order chi connectivity index (χ1) is 11.1. The Kier molecular flexibility index (Phi) is 4.83. The van der Waals surface area contributed by atoms with E-state index in [1.54, 1.807) is 0 Å². The summed E-state index contributed by atoms with van der Waals surface area (Å²) in [5.41, 5.74) is 0.0410. The van der Waals surface area contributed by atoms with Crippen LogP contribution in [0, 0.1) is 6.92 Å². The molecule has 2 heterocycles. The Hall–Kier alpha value is -2.55. The van der Waals surface area contributed by atoms with Gasteiger partial charge in [-0.15, -0.1) is 0 Å². The number of carbonyl (C=O) groups is 2. The average Bonchev–Trinajstić information content (AvgIpc) is 3.02. The second-order valence-corrected chi connectivity index (χ2v) is 7.63. The van der Waals surface area contributed by atoms with Crippen molar-refractivity contribution in [3.63, 3.8) is 0 Å². The minimum atomic E-state index is -3.26. The number of carboxylic acid groups (broad SMARTS) is 1. The molecule has 2 rings (SSSR count). The average molecular weight is 355 g/mol. The van der Waals surface area contributed by atoms with Gasteiger partial charge in [-0.25, -0.2) is 13.2 Å². The van der Waals surface area contributed by atoms with E-state index in [0.717, 1.165) is 6.26 Å². The Bertz CT molecular complexity index is 876. The number of hydrogen-bond acceptors (Lipinski definition) is 6. The van der Waals surface area contributed by atoms with Crippen LogP contribution in [0.15, 0.2) is 27.0 Å². The number of aryl methyl sites for hydroxylation is 1. The number of furan rings is 2. The van der Waals surface area contributed by atoms with E-state index < -0.39 is 21.7 Å². The van der Waals surface area contributed by atoms with Gasteiger partial charge in [0.25, 0.3) is 5.91 Å². The molecule has 0 bridgehead atoms. The lowest BCUT2D eigenvalue weighted by molar-refractivity contribution is 0.0693. The SMILES string of the molecule is Cc1oc(CN(C)C(=O)c2ccc(CS(C)(=O)=O)o2)cc1C(=O)O. The van der Waals surface area contributed by atoms with Crippen molar-refractivity contribution in [3.05, 3.63) is 46.8 Å². The van der Waals surface area contributed by atoms with Crippen molar-refractivity contribution in [2.24, 2.45) is 0 Å². The van der Waals surface area contributed by atoms with Crippen LogP contribution >= 0.6 is 0 Å². The van der Waals surface area contributed by atoms with Gasteiger partial charge in [0.05, 0.1) is 6.54 Å². The fourth-order valence-corrected chi connectivity index (χ4v) is 2.83. The number of carboxylic acids is 1. The fourth-order valence-electron chi connectivity index (χ4n) is 2.16. The van der Waals surface area contributed by atoms with E-state index in [9.17, 15) is 18.0 Å². The van der Waals surface area contributed by atoms with Crippen molar-refractivity contribution in [1.29, 1.82) is 0 Å². The molecule has 130 valence electrons. The van der Waals surface area contributed by atoms with Crippen LogP contribution in [0.5, 0.6) is 0 Å². The molecule has 2 aromatic rings. The van der Waals surface area contributed by atoms with E-state index in [1.807, 2.05) is 0 Å². The Morgan fingerprint density at radius 3 is 2.42 bits per heavy atom. The molecule has 0 unspecified atom stereocenters. The van der Waals surface area contributed by atoms with Crippen molar-refractivity contribution in [1.82, 2.24) is 4.90 Å². The van der Waals surface area contributed by atoms with Crippen LogP contribution in [0.1, 0.15) is 38.2 Å². The topological polar surface area (TPSA) is 118 Å². The molecule has 0 saturated carbocycles. The predicted octanol–water partition coefficient (Wildman–Crippen LogP) is 1.70. The Morgan fingerprint density at radius 2 is 1.88 bits per heavy atom. The number of aromatic carboxylic acids is 1. The monoisotopic (exact) mass is 355 g/mol. The summed E-state index contributed by atoms with van der Waals surface area (Å²) in [6.07, 6.45) is 1.07. The molecular formula is C15H17NO7S. The summed E-state index contributed by atoms with van der Waals surface area (Å²) >= 11 is 0. The zero-order valence-corrected chi connectivity index (χ0v) is 14.2. The molecule has 2 aromatic heterocycles. The summed E-state index contributed by atoms with van der Waals surface area (Å²) in [6, 6.07) is 4.19. The second kappa shape index (κ2) is 6.52. The third-order valence-corrected chi connectivity index (χ3v) is 4.02. The number of rotatable bonds is 6. The summed E-state index contributed by atoms with van der Waals surface area (Å²) in [5.74, 6) is -1.11. The van der Waals surface area contributed by atoms with Gasteiger partial charge in [-0.3, -0.25) is 4.79 Å². The van der Waals surface area contributed by atoms with Gasteiger partial charge in [-0.05, 0) is 25.1 Å². The normalized spacial score (nSPS) is 11.5. The van der Waals surface area contributed by atoms with Gasteiger partial charge in [-0.1, -0.05) is 0 Å². The maximum Gasteiger partial charge on any atom is 0.339 e. The number of hydrogen-bond donors (Lipinski definition) is 1. The minimum absolute atomic E-state index is 0.00196. The lowest BCUT2D eigenvalue weighted by atomic mass is 10.2. The second-order valence-electron chi connectivity index (χ2n) is 5.48. The van der Waals surface area contributed by atoms with Crippen molar-refractivity contribution in [3.8, 4) is 0 Å². The third kappa shape index (κ3) is 4.25. The zero-order valence-electron chi connectivity index (χ0n) is 13.4. The van der Waals surface area contributed by atoms with Gasteiger partial charge >= 0.3 is 5.97 Å². The lowest BCUT2D eigenvalue weighted by Crippen LogP contribution is -2.25. The molecule has 9 heteroatoms. The van der Waals surface area contributed by atoms with Crippen molar-refractivity contribution in [2.75, 3.05) is 13.3 Å². The first kappa shape index (κ1) is 17.8. The highest BCUT2D eigenvalue weighted by Crippen LogP contribution is 2.18. The molecule has 0 spiro atoms. The highest BCUT2D eigenvalue weighted by atomic mass is 32.2. The molecule has 1 N–H and O–H groups in total. The molecule has 0 aliphatic rings. The smallest absolute Gasteiger partial charge is 0.339 e.